The van der Waals surface area contributed by atoms with Crippen LogP contribution in [0.4, 0.5) is 13.2 Å². The zero-order valence-electron chi connectivity index (χ0n) is 7.51. The fourth-order valence-corrected chi connectivity index (χ4v) is 1.44. The molecule has 0 atom stereocenters. The summed E-state index contributed by atoms with van der Waals surface area (Å²) in [6.07, 6.45) is -4.41. The maximum Gasteiger partial charge on any atom is 0.417 e. The van der Waals surface area contributed by atoms with Crippen LogP contribution in [0.2, 0.25) is 0 Å². The summed E-state index contributed by atoms with van der Waals surface area (Å²) in [7, 11) is 0. The van der Waals surface area contributed by atoms with Gasteiger partial charge in [0.05, 0.1) is 5.56 Å². The zero-order valence-corrected chi connectivity index (χ0v) is 7.51. The summed E-state index contributed by atoms with van der Waals surface area (Å²) >= 11 is 0. The van der Waals surface area contributed by atoms with Crippen molar-refractivity contribution in [1.82, 2.24) is 0 Å². The van der Waals surface area contributed by atoms with Gasteiger partial charge in [0, 0.05) is 5.39 Å². The van der Waals surface area contributed by atoms with Gasteiger partial charge in [-0.1, -0.05) is 6.07 Å². The number of hydrogen-bond acceptors (Lipinski definition) is 2. The molecule has 15 heavy (non-hydrogen) atoms. The van der Waals surface area contributed by atoms with Crippen molar-refractivity contribution in [2.45, 2.75) is 12.8 Å². The first-order valence-corrected chi connectivity index (χ1v) is 4.22. The lowest BCUT2D eigenvalue weighted by Gasteiger charge is -2.06. The Bertz CT molecular complexity index is 485. The van der Waals surface area contributed by atoms with Gasteiger partial charge in [-0.25, -0.2) is 0 Å². The molecule has 0 aliphatic rings. The van der Waals surface area contributed by atoms with Crippen molar-refractivity contribution >= 4 is 11.0 Å². The van der Waals surface area contributed by atoms with Gasteiger partial charge >= 0.3 is 6.18 Å². The average molecular weight is 216 g/mol. The van der Waals surface area contributed by atoms with Crippen molar-refractivity contribution in [2.75, 3.05) is 0 Å². The standard InChI is InChI=1S/C10H7F3O2/c11-10(12,13)8-2-1-3-9-7(8)4-6(5-14)15-9/h1-4,14H,5H2. The van der Waals surface area contributed by atoms with Crippen LogP contribution in [0, 0.1) is 0 Å². The Labute approximate surface area is 82.9 Å². The number of hydrogen-bond donors (Lipinski definition) is 1. The second-order valence-corrected chi connectivity index (χ2v) is 3.09. The molecule has 1 aromatic heterocycles. The van der Waals surface area contributed by atoms with E-state index in [0.717, 1.165) is 6.07 Å². The molecule has 2 aromatic rings. The quantitative estimate of drug-likeness (QED) is 0.794. The molecule has 1 N–H and O–H groups in total. The van der Waals surface area contributed by atoms with E-state index in [9.17, 15) is 13.2 Å². The molecule has 5 heteroatoms. The first-order chi connectivity index (χ1) is 7.02. The highest BCUT2D eigenvalue weighted by atomic mass is 19.4. The van der Waals surface area contributed by atoms with Gasteiger partial charge in [0.25, 0.3) is 0 Å². The number of fused-ring (bicyclic) bond motifs is 1. The monoisotopic (exact) mass is 216 g/mol. The maximum atomic E-state index is 12.5. The van der Waals surface area contributed by atoms with E-state index in [0.29, 0.717) is 0 Å². The number of furan rings is 1. The third kappa shape index (κ3) is 1.70. The van der Waals surface area contributed by atoms with Crippen LogP contribution in [0.3, 0.4) is 0 Å². The molecule has 1 heterocycles. The summed E-state index contributed by atoms with van der Waals surface area (Å²) in [4.78, 5) is 0. The Hall–Kier alpha value is -1.49. The minimum absolute atomic E-state index is 0.0194. The lowest BCUT2D eigenvalue weighted by molar-refractivity contribution is -0.136. The molecular formula is C10H7F3O2. The molecule has 0 radical (unpaired) electrons. The van der Waals surface area contributed by atoms with Crippen molar-refractivity contribution in [1.29, 1.82) is 0 Å². The molecule has 0 aliphatic heterocycles. The Morgan fingerprint density at radius 1 is 1.27 bits per heavy atom. The van der Waals surface area contributed by atoms with Crippen LogP contribution in [-0.2, 0) is 12.8 Å². The smallest absolute Gasteiger partial charge is 0.417 e. The van der Waals surface area contributed by atoms with Gasteiger partial charge in [-0.05, 0) is 18.2 Å². The number of halogens is 3. The first-order valence-electron chi connectivity index (χ1n) is 4.22. The summed E-state index contributed by atoms with van der Waals surface area (Å²) < 4.78 is 42.6. The summed E-state index contributed by atoms with van der Waals surface area (Å²) in [5, 5.41) is 8.74. The minimum Gasteiger partial charge on any atom is -0.459 e. The predicted molar refractivity (Wildman–Crippen MR) is 47.1 cm³/mol. The van der Waals surface area contributed by atoms with Gasteiger partial charge in [0.2, 0.25) is 0 Å². The topological polar surface area (TPSA) is 33.4 Å². The highest BCUT2D eigenvalue weighted by Crippen LogP contribution is 2.35. The van der Waals surface area contributed by atoms with E-state index in [4.69, 9.17) is 9.52 Å². The number of aliphatic hydroxyl groups is 1. The molecule has 0 bridgehead atoms. The number of benzene rings is 1. The van der Waals surface area contributed by atoms with Gasteiger partial charge in [0.15, 0.2) is 0 Å². The summed E-state index contributed by atoms with van der Waals surface area (Å²) in [6.45, 7) is -0.411. The lowest BCUT2D eigenvalue weighted by atomic mass is 10.1. The Morgan fingerprint density at radius 3 is 2.60 bits per heavy atom. The van der Waals surface area contributed by atoms with Gasteiger partial charge in [-0.3, -0.25) is 0 Å². The molecule has 0 saturated heterocycles. The third-order valence-corrected chi connectivity index (χ3v) is 2.07. The Balaban J connectivity index is 2.70. The fourth-order valence-electron chi connectivity index (χ4n) is 1.44. The number of alkyl halides is 3. The fraction of sp³-hybridized carbons (Fsp3) is 0.200. The molecule has 0 aliphatic carbocycles. The highest BCUT2D eigenvalue weighted by molar-refractivity contribution is 5.82. The van der Waals surface area contributed by atoms with Gasteiger partial charge in [-0.2, -0.15) is 13.2 Å². The largest absolute Gasteiger partial charge is 0.459 e. The van der Waals surface area contributed by atoms with E-state index >= 15 is 0 Å². The van der Waals surface area contributed by atoms with E-state index in [1.165, 1.54) is 18.2 Å². The molecule has 0 amide bonds. The van der Waals surface area contributed by atoms with E-state index in [1.807, 2.05) is 0 Å². The second-order valence-electron chi connectivity index (χ2n) is 3.09. The van der Waals surface area contributed by atoms with E-state index in [1.54, 1.807) is 0 Å². The molecular weight excluding hydrogens is 209 g/mol. The minimum atomic E-state index is -4.41. The van der Waals surface area contributed by atoms with Crippen LogP contribution in [0.5, 0.6) is 0 Å². The van der Waals surface area contributed by atoms with Crippen molar-refractivity contribution in [3.05, 3.63) is 35.6 Å². The van der Waals surface area contributed by atoms with Crippen molar-refractivity contribution < 1.29 is 22.7 Å². The van der Waals surface area contributed by atoms with E-state index < -0.39 is 18.3 Å². The van der Waals surface area contributed by atoms with Crippen molar-refractivity contribution in [2.24, 2.45) is 0 Å². The molecule has 0 unspecified atom stereocenters. The van der Waals surface area contributed by atoms with Gasteiger partial charge < -0.3 is 9.52 Å². The lowest BCUT2D eigenvalue weighted by Crippen LogP contribution is -2.04. The summed E-state index contributed by atoms with van der Waals surface area (Å²) in [6, 6.07) is 4.90. The van der Waals surface area contributed by atoms with Crippen LogP contribution < -0.4 is 0 Å². The van der Waals surface area contributed by atoms with Crippen molar-refractivity contribution in [3.8, 4) is 0 Å². The molecule has 80 valence electrons. The van der Waals surface area contributed by atoms with E-state index in [2.05, 4.69) is 0 Å². The number of rotatable bonds is 1. The SMILES string of the molecule is OCc1cc2c(C(F)(F)F)cccc2o1. The maximum absolute atomic E-state index is 12.5. The zero-order chi connectivity index (χ0) is 11.1. The second kappa shape index (κ2) is 3.27. The molecule has 2 rings (SSSR count). The normalized spacial score (nSPS) is 12.3. The van der Waals surface area contributed by atoms with Crippen LogP contribution in [0.25, 0.3) is 11.0 Å². The van der Waals surface area contributed by atoms with Crippen molar-refractivity contribution in [3.63, 3.8) is 0 Å². The summed E-state index contributed by atoms with van der Waals surface area (Å²) in [5.41, 5.74) is -0.614. The van der Waals surface area contributed by atoms with Crippen LogP contribution in [0.1, 0.15) is 11.3 Å². The molecule has 2 nitrogen and oxygen atoms in total. The molecule has 0 spiro atoms. The first kappa shape index (κ1) is 10.0. The summed E-state index contributed by atoms with van der Waals surface area (Å²) in [5.74, 6) is 0.127. The van der Waals surface area contributed by atoms with Gasteiger partial charge in [0.1, 0.15) is 18.0 Å². The average Bonchev–Trinajstić information content (AvgIpc) is 2.57. The molecule has 0 saturated carbocycles. The van der Waals surface area contributed by atoms with Crippen LogP contribution >= 0.6 is 0 Å². The van der Waals surface area contributed by atoms with Crippen LogP contribution in [0.15, 0.2) is 28.7 Å². The van der Waals surface area contributed by atoms with Crippen LogP contribution in [-0.4, -0.2) is 5.11 Å². The number of aliphatic hydroxyl groups excluding tert-OH is 1. The molecule has 1 aromatic carbocycles. The third-order valence-electron chi connectivity index (χ3n) is 2.07. The Morgan fingerprint density at radius 2 is 2.00 bits per heavy atom. The highest BCUT2D eigenvalue weighted by Gasteiger charge is 2.33. The van der Waals surface area contributed by atoms with E-state index in [-0.39, 0.29) is 16.7 Å². The van der Waals surface area contributed by atoms with Gasteiger partial charge in [-0.15, -0.1) is 0 Å². The predicted octanol–water partition coefficient (Wildman–Crippen LogP) is 2.94. The molecule has 0 fully saturated rings. The Kier molecular flexibility index (Phi) is 2.19.